The van der Waals surface area contributed by atoms with Gasteiger partial charge in [0.05, 0.1) is 6.10 Å². The molecule has 0 aromatic heterocycles. The van der Waals surface area contributed by atoms with Gasteiger partial charge in [0.2, 0.25) is 0 Å². The van der Waals surface area contributed by atoms with Gasteiger partial charge in [-0.3, -0.25) is 4.79 Å². The van der Waals surface area contributed by atoms with Gasteiger partial charge in [0.15, 0.2) is 12.6 Å². The second-order valence-corrected chi connectivity index (χ2v) is 7.53. The highest BCUT2D eigenvalue weighted by molar-refractivity contribution is 5.93. The number of aliphatic hydroxyl groups is 1. The average molecular weight is 364 g/mol. The number of aromatic hydroxyl groups is 1. The Hall–Kier alpha value is -1.92. The number of hydrogen-bond donors (Lipinski definition) is 2. The number of hydrogen-bond acceptors (Lipinski definition) is 5. The Kier molecular flexibility index (Phi) is 5.08. The van der Waals surface area contributed by atoms with Gasteiger partial charge in [-0.1, -0.05) is 6.92 Å². The number of rotatable bonds is 5. The number of carbonyl (C=O) groups excluding carboxylic acids is 1. The van der Waals surface area contributed by atoms with Crippen LogP contribution in [0.15, 0.2) is 24.0 Å². The molecule has 1 aliphatic carbocycles. The zero-order valence-electron chi connectivity index (χ0n) is 15.3. The van der Waals surface area contributed by atoms with Gasteiger partial charge in [0.25, 0.3) is 0 Å². The summed E-state index contributed by atoms with van der Waals surface area (Å²) in [6, 6.07) is 2.76. The van der Waals surface area contributed by atoms with Crippen molar-refractivity contribution < 1.29 is 28.9 Å². The molecule has 1 saturated heterocycles. The summed E-state index contributed by atoms with van der Waals surface area (Å²) in [5, 5.41) is 19.6. The lowest BCUT2D eigenvalue weighted by Crippen LogP contribution is -2.45. The molecule has 0 radical (unpaired) electrons. The molecule has 0 bridgehead atoms. The predicted molar refractivity (Wildman–Crippen MR) is 92.9 cm³/mol. The van der Waals surface area contributed by atoms with Crippen LogP contribution in [-0.4, -0.2) is 34.5 Å². The monoisotopic (exact) mass is 364 g/mol. The zero-order valence-corrected chi connectivity index (χ0v) is 15.3. The molecule has 26 heavy (non-hydrogen) atoms. The molecule has 5 nitrogen and oxygen atoms in total. The first kappa shape index (κ1) is 18.9. The zero-order chi connectivity index (χ0) is 19.1. The maximum Gasteiger partial charge on any atom is 0.189 e. The topological polar surface area (TPSA) is 76.0 Å². The van der Waals surface area contributed by atoms with E-state index < -0.39 is 11.7 Å². The quantitative estimate of drug-likeness (QED) is 0.840. The molecule has 0 amide bonds. The van der Waals surface area contributed by atoms with E-state index in [0.717, 1.165) is 0 Å². The Bertz CT molecular complexity index is 742. The van der Waals surface area contributed by atoms with E-state index in [1.165, 1.54) is 18.2 Å². The van der Waals surface area contributed by atoms with Crippen molar-refractivity contribution in [2.45, 2.75) is 51.7 Å². The highest BCUT2D eigenvalue weighted by Crippen LogP contribution is 2.46. The summed E-state index contributed by atoms with van der Waals surface area (Å²) in [5.41, 5.74) is 0.0626. The lowest BCUT2D eigenvalue weighted by Gasteiger charge is -2.39. The van der Waals surface area contributed by atoms with Crippen LogP contribution >= 0.6 is 0 Å². The van der Waals surface area contributed by atoms with Crippen LogP contribution in [-0.2, 0) is 20.7 Å². The molecule has 142 valence electrons. The van der Waals surface area contributed by atoms with Crippen LogP contribution in [0, 0.1) is 24.6 Å². The van der Waals surface area contributed by atoms with Gasteiger partial charge in [0, 0.05) is 12.0 Å². The Morgan fingerprint density at radius 3 is 2.81 bits per heavy atom. The summed E-state index contributed by atoms with van der Waals surface area (Å²) in [4.78, 5) is 12.3. The molecule has 1 unspecified atom stereocenters. The number of carbonyl (C=O) groups is 1. The fourth-order valence-electron chi connectivity index (χ4n) is 3.98. The maximum atomic E-state index is 14.3. The number of aryl methyl sites for hydroxylation is 1. The van der Waals surface area contributed by atoms with Crippen LogP contribution in [0.4, 0.5) is 4.39 Å². The number of allylic oxidation sites excluding steroid dienone is 1. The van der Waals surface area contributed by atoms with Crippen molar-refractivity contribution in [3.8, 4) is 5.75 Å². The normalized spacial score (nSPS) is 27.5. The Morgan fingerprint density at radius 2 is 2.12 bits per heavy atom. The van der Waals surface area contributed by atoms with Crippen LogP contribution in [0.5, 0.6) is 5.75 Å². The fraction of sp³-hybridized carbons (Fsp3) is 0.550. The fourth-order valence-corrected chi connectivity index (χ4v) is 3.98. The van der Waals surface area contributed by atoms with Crippen molar-refractivity contribution in [3.05, 3.63) is 40.9 Å². The summed E-state index contributed by atoms with van der Waals surface area (Å²) >= 11 is 0. The van der Waals surface area contributed by atoms with Crippen molar-refractivity contribution >= 4 is 5.78 Å². The van der Waals surface area contributed by atoms with Crippen molar-refractivity contribution in [2.24, 2.45) is 11.8 Å². The second-order valence-electron chi connectivity index (χ2n) is 7.53. The van der Waals surface area contributed by atoms with Crippen LogP contribution in [0.1, 0.15) is 37.8 Å². The minimum absolute atomic E-state index is 0.0481. The molecule has 1 aromatic carbocycles. The minimum Gasteiger partial charge on any atom is -0.508 e. The maximum absolute atomic E-state index is 14.3. The summed E-state index contributed by atoms with van der Waals surface area (Å²) in [6.07, 6.45) is 1.93. The smallest absolute Gasteiger partial charge is 0.189 e. The Morgan fingerprint density at radius 1 is 1.38 bits per heavy atom. The molecule has 3 rings (SSSR count). The summed E-state index contributed by atoms with van der Waals surface area (Å²) in [6.45, 7) is 5.27. The summed E-state index contributed by atoms with van der Waals surface area (Å²) in [5.74, 6) is -0.463. The summed E-state index contributed by atoms with van der Waals surface area (Å²) < 4.78 is 25.8. The number of ether oxygens (including phenoxy) is 2. The third kappa shape index (κ3) is 3.35. The second kappa shape index (κ2) is 7.00. The van der Waals surface area contributed by atoms with Gasteiger partial charge in [-0.05, 0) is 62.3 Å². The van der Waals surface area contributed by atoms with Crippen LogP contribution in [0.3, 0.4) is 0 Å². The molecule has 2 N–H and O–H groups in total. The average Bonchev–Trinajstić information content (AvgIpc) is 2.96. The predicted octanol–water partition coefficient (Wildman–Crippen LogP) is 3.01. The van der Waals surface area contributed by atoms with E-state index >= 15 is 0 Å². The summed E-state index contributed by atoms with van der Waals surface area (Å²) in [7, 11) is 0. The number of phenols is 1. The van der Waals surface area contributed by atoms with Crippen molar-refractivity contribution in [3.63, 3.8) is 0 Å². The number of fused-ring (bicyclic) bond motifs is 1. The standard InChI is InChI=1S/C20H25FO5/c1-11-4-16(21)14(7-17(11)23)5-12(2)20-9-15(6-13(3)22)18(24)8-19(20)25-10-26-20/h4,7-8,12-13,15,22-23H,5-6,9-10H2,1-3H3/t12-,13?,15-,20+/m0/s1. The van der Waals surface area contributed by atoms with Gasteiger partial charge in [-0.2, -0.15) is 0 Å². The molecule has 6 heteroatoms. The molecule has 2 aliphatic rings. The Labute approximate surface area is 152 Å². The van der Waals surface area contributed by atoms with E-state index in [4.69, 9.17) is 9.47 Å². The van der Waals surface area contributed by atoms with Gasteiger partial charge in [0.1, 0.15) is 22.9 Å². The lowest BCUT2D eigenvalue weighted by atomic mass is 9.71. The van der Waals surface area contributed by atoms with E-state index in [2.05, 4.69) is 0 Å². The van der Waals surface area contributed by atoms with Crippen LogP contribution in [0.25, 0.3) is 0 Å². The minimum atomic E-state index is -0.819. The van der Waals surface area contributed by atoms with E-state index in [-0.39, 0.29) is 36.0 Å². The lowest BCUT2D eigenvalue weighted by molar-refractivity contribution is -0.124. The van der Waals surface area contributed by atoms with Gasteiger partial charge in [-0.15, -0.1) is 0 Å². The first-order chi connectivity index (χ1) is 12.2. The largest absolute Gasteiger partial charge is 0.508 e. The SMILES string of the molecule is Cc1cc(F)c(C[C@H](C)[C@]23C[C@H](CC(C)O)C(=O)C=C2OCO3)cc1O. The van der Waals surface area contributed by atoms with Crippen molar-refractivity contribution in [1.29, 1.82) is 0 Å². The highest BCUT2D eigenvalue weighted by atomic mass is 19.1. The first-order valence-corrected chi connectivity index (χ1v) is 8.91. The molecule has 0 saturated carbocycles. The molecule has 4 atom stereocenters. The van der Waals surface area contributed by atoms with Gasteiger partial charge < -0.3 is 19.7 Å². The molecule has 1 fully saturated rings. The molecular weight excluding hydrogens is 339 g/mol. The van der Waals surface area contributed by atoms with Gasteiger partial charge in [-0.25, -0.2) is 4.39 Å². The highest BCUT2D eigenvalue weighted by Gasteiger charge is 2.52. The van der Waals surface area contributed by atoms with E-state index in [0.29, 0.717) is 36.1 Å². The first-order valence-electron chi connectivity index (χ1n) is 8.91. The van der Waals surface area contributed by atoms with E-state index in [9.17, 15) is 19.4 Å². The van der Waals surface area contributed by atoms with Crippen molar-refractivity contribution in [1.82, 2.24) is 0 Å². The third-order valence-corrected chi connectivity index (χ3v) is 5.49. The number of benzene rings is 1. The Balaban J connectivity index is 1.89. The van der Waals surface area contributed by atoms with E-state index in [1.54, 1.807) is 13.8 Å². The third-order valence-electron chi connectivity index (χ3n) is 5.49. The number of ketones is 1. The number of aliphatic hydroxyl groups excluding tert-OH is 1. The molecule has 1 aromatic rings. The van der Waals surface area contributed by atoms with Gasteiger partial charge >= 0.3 is 0 Å². The molecular formula is C20H25FO5. The van der Waals surface area contributed by atoms with E-state index in [1.807, 2.05) is 6.92 Å². The number of halogens is 1. The van der Waals surface area contributed by atoms with Crippen LogP contribution < -0.4 is 0 Å². The van der Waals surface area contributed by atoms with Crippen LogP contribution in [0.2, 0.25) is 0 Å². The molecule has 0 spiro atoms. The molecule has 1 heterocycles. The number of phenolic OH excluding ortho intramolecular Hbond substituents is 1. The molecule has 1 aliphatic heterocycles. The van der Waals surface area contributed by atoms with Crippen molar-refractivity contribution in [2.75, 3.05) is 6.79 Å².